The molecule has 2 atom stereocenters. The fourth-order valence-electron chi connectivity index (χ4n) is 2.73. The predicted molar refractivity (Wildman–Crippen MR) is 104 cm³/mol. The van der Waals surface area contributed by atoms with Crippen LogP contribution in [0.25, 0.3) is 0 Å². The zero-order valence-corrected chi connectivity index (χ0v) is 16.1. The van der Waals surface area contributed by atoms with Crippen molar-refractivity contribution >= 4 is 23.2 Å². The first-order chi connectivity index (χ1) is 13.5. The van der Waals surface area contributed by atoms with Crippen molar-refractivity contribution in [2.24, 2.45) is 0 Å². The Labute approximate surface area is 163 Å². The molecular weight excluding hydrogens is 362 g/mol. The minimum Gasteiger partial charge on any atom is -0.497 e. The van der Waals surface area contributed by atoms with Crippen molar-refractivity contribution in [2.75, 3.05) is 38.1 Å². The molecule has 28 heavy (non-hydrogen) atoms. The monoisotopic (exact) mass is 386 g/mol. The van der Waals surface area contributed by atoms with Crippen LogP contribution in [0.2, 0.25) is 0 Å². The van der Waals surface area contributed by atoms with Gasteiger partial charge in [0.15, 0.2) is 24.1 Å². The molecule has 1 aliphatic rings. The van der Waals surface area contributed by atoms with Crippen molar-refractivity contribution < 1.29 is 28.7 Å². The van der Waals surface area contributed by atoms with E-state index in [1.165, 1.54) is 0 Å². The lowest BCUT2D eigenvalue weighted by molar-refractivity contribution is -0.885. The molecule has 0 saturated carbocycles. The molecule has 0 aliphatic carbocycles. The molecule has 148 valence electrons. The molecule has 0 bridgehead atoms. The van der Waals surface area contributed by atoms with E-state index >= 15 is 0 Å². The molecule has 2 amide bonds. The van der Waals surface area contributed by atoms with E-state index in [0.717, 1.165) is 10.6 Å². The van der Waals surface area contributed by atoms with Crippen LogP contribution in [0, 0.1) is 0 Å². The SMILES string of the molecule is COc1ccc(NC(=O)C[NH+](C)[C@@H](C)C(=O)Nc2ccc3c(c2)OCO3)cc1. The summed E-state index contributed by atoms with van der Waals surface area (Å²) in [6.45, 7) is 2.11. The Balaban J connectivity index is 1.51. The van der Waals surface area contributed by atoms with Crippen LogP contribution in [0.5, 0.6) is 17.2 Å². The highest BCUT2D eigenvalue weighted by atomic mass is 16.7. The second-order valence-corrected chi connectivity index (χ2v) is 6.58. The van der Waals surface area contributed by atoms with Gasteiger partial charge in [-0.25, -0.2) is 0 Å². The number of amides is 2. The van der Waals surface area contributed by atoms with Crippen LogP contribution >= 0.6 is 0 Å². The standard InChI is InChI=1S/C20H23N3O5/c1-13(20(25)22-15-6-9-17-18(10-15)28-12-27-17)23(2)11-19(24)21-14-4-7-16(26-3)8-5-14/h4-10,13H,11-12H2,1-3H3,(H,21,24)(H,22,25)/p+1/t13-/m0/s1. The minimum absolute atomic E-state index is 0.155. The van der Waals surface area contributed by atoms with E-state index in [-0.39, 0.29) is 25.2 Å². The molecule has 0 aromatic heterocycles. The molecule has 0 saturated heterocycles. The fourth-order valence-corrected chi connectivity index (χ4v) is 2.73. The summed E-state index contributed by atoms with van der Waals surface area (Å²) in [5, 5.41) is 5.67. The van der Waals surface area contributed by atoms with Crippen molar-refractivity contribution in [3.05, 3.63) is 42.5 Å². The molecular formula is C20H24N3O5+. The Morgan fingerprint density at radius 2 is 1.75 bits per heavy atom. The maximum Gasteiger partial charge on any atom is 0.282 e. The molecule has 2 aromatic carbocycles. The summed E-state index contributed by atoms with van der Waals surface area (Å²) in [5.74, 6) is 1.61. The normalized spacial score (nSPS) is 14.1. The second kappa shape index (κ2) is 8.62. The Morgan fingerprint density at radius 1 is 1.07 bits per heavy atom. The number of rotatable bonds is 7. The first-order valence-electron chi connectivity index (χ1n) is 8.93. The number of carbonyl (C=O) groups excluding carboxylic acids is 2. The largest absolute Gasteiger partial charge is 0.497 e. The number of nitrogens with one attached hydrogen (secondary N) is 3. The maximum atomic E-state index is 12.5. The van der Waals surface area contributed by atoms with E-state index in [0.29, 0.717) is 22.9 Å². The van der Waals surface area contributed by atoms with E-state index in [2.05, 4.69) is 10.6 Å². The van der Waals surface area contributed by atoms with Gasteiger partial charge >= 0.3 is 0 Å². The van der Waals surface area contributed by atoms with Crippen molar-refractivity contribution in [1.82, 2.24) is 0 Å². The van der Waals surface area contributed by atoms with Crippen LogP contribution < -0.4 is 29.7 Å². The molecule has 0 fully saturated rings. The number of hydrogen-bond donors (Lipinski definition) is 3. The molecule has 3 rings (SSSR count). The summed E-state index contributed by atoms with van der Waals surface area (Å²) >= 11 is 0. The van der Waals surface area contributed by atoms with E-state index in [1.807, 2.05) is 0 Å². The van der Waals surface area contributed by atoms with Crippen molar-refractivity contribution in [1.29, 1.82) is 0 Å². The molecule has 2 aromatic rings. The van der Waals surface area contributed by atoms with Crippen LogP contribution in [-0.2, 0) is 9.59 Å². The molecule has 1 aliphatic heterocycles. The summed E-state index contributed by atoms with van der Waals surface area (Å²) < 4.78 is 15.7. The lowest BCUT2D eigenvalue weighted by Crippen LogP contribution is -3.14. The zero-order valence-electron chi connectivity index (χ0n) is 16.1. The first-order valence-corrected chi connectivity index (χ1v) is 8.93. The molecule has 1 unspecified atom stereocenters. The Hall–Kier alpha value is -3.26. The number of anilines is 2. The summed E-state index contributed by atoms with van der Waals surface area (Å²) in [7, 11) is 3.39. The summed E-state index contributed by atoms with van der Waals surface area (Å²) in [6.07, 6.45) is 0. The summed E-state index contributed by atoms with van der Waals surface area (Å²) in [4.78, 5) is 25.5. The smallest absolute Gasteiger partial charge is 0.282 e. The van der Waals surface area contributed by atoms with Crippen molar-refractivity contribution in [3.8, 4) is 17.2 Å². The van der Waals surface area contributed by atoms with E-state index in [1.54, 1.807) is 63.5 Å². The molecule has 3 N–H and O–H groups in total. The number of carbonyl (C=O) groups is 2. The number of methoxy groups -OCH3 is 1. The Kier molecular flexibility index (Phi) is 6.00. The van der Waals surface area contributed by atoms with Gasteiger partial charge in [-0.2, -0.15) is 0 Å². The van der Waals surface area contributed by atoms with Gasteiger partial charge < -0.3 is 29.7 Å². The number of benzene rings is 2. The molecule has 1 heterocycles. The molecule has 0 spiro atoms. The third-order valence-electron chi connectivity index (χ3n) is 4.59. The number of likely N-dealkylation sites (N-methyl/N-ethyl adjacent to an activating group) is 1. The van der Waals surface area contributed by atoms with Gasteiger partial charge in [0.25, 0.3) is 11.8 Å². The van der Waals surface area contributed by atoms with Gasteiger partial charge in [0.2, 0.25) is 6.79 Å². The van der Waals surface area contributed by atoms with Crippen LogP contribution in [-0.4, -0.2) is 45.4 Å². The number of ether oxygens (including phenoxy) is 3. The van der Waals surface area contributed by atoms with Gasteiger partial charge in [-0.15, -0.1) is 0 Å². The average molecular weight is 386 g/mol. The number of fused-ring (bicyclic) bond motifs is 1. The van der Waals surface area contributed by atoms with Gasteiger partial charge in [-0.1, -0.05) is 0 Å². The quantitative estimate of drug-likeness (QED) is 0.658. The second-order valence-electron chi connectivity index (χ2n) is 6.58. The predicted octanol–water partition coefficient (Wildman–Crippen LogP) is 0.904. The highest BCUT2D eigenvalue weighted by Crippen LogP contribution is 2.34. The van der Waals surface area contributed by atoms with Crippen molar-refractivity contribution in [3.63, 3.8) is 0 Å². The third-order valence-corrected chi connectivity index (χ3v) is 4.59. The lowest BCUT2D eigenvalue weighted by atomic mass is 10.2. The van der Waals surface area contributed by atoms with Gasteiger partial charge in [0.05, 0.1) is 14.2 Å². The highest BCUT2D eigenvalue weighted by Gasteiger charge is 2.24. The van der Waals surface area contributed by atoms with Gasteiger partial charge in [-0.05, 0) is 43.3 Å². The van der Waals surface area contributed by atoms with Gasteiger partial charge in [0.1, 0.15) is 5.75 Å². The highest BCUT2D eigenvalue weighted by molar-refractivity contribution is 5.95. The summed E-state index contributed by atoms with van der Waals surface area (Å²) in [5.41, 5.74) is 1.30. The molecule has 0 radical (unpaired) electrons. The lowest BCUT2D eigenvalue weighted by Gasteiger charge is -2.20. The first kappa shape index (κ1) is 19.5. The fraction of sp³-hybridized carbons (Fsp3) is 0.300. The Morgan fingerprint density at radius 3 is 2.46 bits per heavy atom. The summed E-state index contributed by atoms with van der Waals surface area (Å²) in [6, 6.07) is 11.9. The van der Waals surface area contributed by atoms with E-state index in [9.17, 15) is 9.59 Å². The van der Waals surface area contributed by atoms with Crippen LogP contribution in [0.4, 0.5) is 11.4 Å². The minimum atomic E-state index is -0.424. The van der Waals surface area contributed by atoms with Crippen molar-refractivity contribution in [2.45, 2.75) is 13.0 Å². The van der Waals surface area contributed by atoms with Crippen LogP contribution in [0.3, 0.4) is 0 Å². The van der Waals surface area contributed by atoms with Gasteiger partial charge in [-0.3, -0.25) is 9.59 Å². The molecule has 8 nitrogen and oxygen atoms in total. The average Bonchev–Trinajstić information content (AvgIpc) is 3.15. The number of quaternary nitrogens is 1. The number of hydrogen-bond acceptors (Lipinski definition) is 5. The zero-order chi connectivity index (χ0) is 20.1. The maximum absolute atomic E-state index is 12.5. The van der Waals surface area contributed by atoms with E-state index < -0.39 is 6.04 Å². The van der Waals surface area contributed by atoms with Gasteiger partial charge in [0, 0.05) is 17.4 Å². The van der Waals surface area contributed by atoms with Crippen LogP contribution in [0.1, 0.15) is 6.92 Å². The topological polar surface area (TPSA) is 90.3 Å². The third kappa shape index (κ3) is 4.72. The van der Waals surface area contributed by atoms with E-state index in [4.69, 9.17) is 14.2 Å². The van der Waals surface area contributed by atoms with Crippen LogP contribution in [0.15, 0.2) is 42.5 Å². The molecule has 8 heteroatoms. The Bertz CT molecular complexity index is 853.